The van der Waals surface area contributed by atoms with E-state index in [0.29, 0.717) is 5.41 Å². The van der Waals surface area contributed by atoms with E-state index in [2.05, 4.69) is 69.1 Å². The molecule has 1 aromatic carbocycles. The van der Waals surface area contributed by atoms with Crippen LogP contribution in [0.3, 0.4) is 0 Å². The molecule has 1 heterocycles. The molecule has 1 aliphatic heterocycles. The van der Waals surface area contributed by atoms with Crippen LogP contribution in [0.15, 0.2) is 24.3 Å². The first kappa shape index (κ1) is 16.5. The van der Waals surface area contributed by atoms with Crippen molar-refractivity contribution in [2.24, 2.45) is 5.41 Å². The van der Waals surface area contributed by atoms with Gasteiger partial charge < -0.3 is 5.32 Å². The zero-order valence-electron chi connectivity index (χ0n) is 14.5. The SMILES string of the molecule is CC1(C)CCCN(Cc2ccc(CNC(C)(C)C)cc2)C1. The van der Waals surface area contributed by atoms with Gasteiger partial charge in [0.2, 0.25) is 0 Å². The van der Waals surface area contributed by atoms with Crippen molar-refractivity contribution in [2.45, 2.75) is 66.1 Å². The molecule has 1 N–H and O–H groups in total. The third-order valence-corrected chi connectivity index (χ3v) is 4.23. The molecule has 1 aromatic rings. The molecule has 0 radical (unpaired) electrons. The van der Waals surface area contributed by atoms with Gasteiger partial charge in [-0.2, -0.15) is 0 Å². The molecule has 2 heteroatoms. The molecule has 118 valence electrons. The van der Waals surface area contributed by atoms with Gasteiger partial charge in [0, 0.05) is 25.2 Å². The Labute approximate surface area is 130 Å². The number of piperidine rings is 1. The van der Waals surface area contributed by atoms with Crippen molar-refractivity contribution in [3.63, 3.8) is 0 Å². The normalized spacial score (nSPS) is 19.7. The van der Waals surface area contributed by atoms with Crippen molar-refractivity contribution in [1.82, 2.24) is 10.2 Å². The Hall–Kier alpha value is -0.860. The molecule has 0 unspecified atom stereocenters. The molecule has 2 nitrogen and oxygen atoms in total. The lowest BCUT2D eigenvalue weighted by Crippen LogP contribution is -2.39. The van der Waals surface area contributed by atoms with Crippen LogP contribution in [0.5, 0.6) is 0 Å². The lowest BCUT2D eigenvalue weighted by Gasteiger charge is -2.38. The number of hydrogen-bond donors (Lipinski definition) is 1. The molecule has 0 amide bonds. The van der Waals surface area contributed by atoms with Crippen molar-refractivity contribution < 1.29 is 0 Å². The van der Waals surface area contributed by atoms with Crippen molar-refractivity contribution >= 4 is 0 Å². The molecular weight excluding hydrogens is 256 g/mol. The molecule has 1 aliphatic rings. The maximum Gasteiger partial charge on any atom is 0.0233 e. The van der Waals surface area contributed by atoms with E-state index in [0.717, 1.165) is 13.1 Å². The average Bonchev–Trinajstić information content (AvgIpc) is 2.36. The van der Waals surface area contributed by atoms with Crippen molar-refractivity contribution in [3.05, 3.63) is 35.4 Å². The highest BCUT2D eigenvalue weighted by atomic mass is 15.1. The van der Waals surface area contributed by atoms with Gasteiger partial charge >= 0.3 is 0 Å². The number of nitrogens with zero attached hydrogens (tertiary/aromatic N) is 1. The fraction of sp³-hybridized carbons (Fsp3) is 0.684. The Morgan fingerprint density at radius 3 is 2.29 bits per heavy atom. The van der Waals surface area contributed by atoms with Gasteiger partial charge in [0.25, 0.3) is 0 Å². The topological polar surface area (TPSA) is 15.3 Å². The quantitative estimate of drug-likeness (QED) is 0.893. The second kappa shape index (κ2) is 6.50. The van der Waals surface area contributed by atoms with Crippen LogP contribution in [0.1, 0.15) is 58.6 Å². The standard InChI is InChI=1S/C19H32N2/c1-18(2,3)20-13-16-7-9-17(10-8-16)14-21-12-6-11-19(4,5)15-21/h7-10,20H,6,11-15H2,1-5H3. The highest BCUT2D eigenvalue weighted by molar-refractivity contribution is 5.22. The predicted octanol–water partition coefficient (Wildman–Crippen LogP) is 4.20. The van der Waals surface area contributed by atoms with E-state index < -0.39 is 0 Å². The van der Waals surface area contributed by atoms with Crippen LogP contribution in [0.4, 0.5) is 0 Å². The third kappa shape index (κ3) is 5.80. The van der Waals surface area contributed by atoms with Crippen LogP contribution in [-0.4, -0.2) is 23.5 Å². The van der Waals surface area contributed by atoms with Crippen LogP contribution in [0.2, 0.25) is 0 Å². The third-order valence-electron chi connectivity index (χ3n) is 4.23. The summed E-state index contributed by atoms with van der Waals surface area (Å²) in [5.41, 5.74) is 3.47. The molecule has 21 heavy (non-hydrogen) atoms. The number of nitrogens with one attached hydrogen (secondary N) is 1. The van der Waals surface area contributed by atoms with Gasteiger partial charge in [0.1, 0.15) is 0 Å². The molecule has 0 aromatic heterocycles. The smallest absolute Gasteiger partial charge is 0.0233 e. The maximum atomic E-state index is 3.54. The Morgan fingerprint density at radius 2 is 1.71 bits per heavy atom. The number of hydrogen-bond acceptors (Lipinski definition) is 2. The van der Waals surface area contributed by atoms with E-state index in [1.807, 2.05) is 0 Å². The van der Waals surface area contributed by atoms with E-state index in [-0.39, 0.29) is 5.54 Å². The Balaban J connectivity index is 1.87. The Bertz CT molecular complexity index is 440. The summed E-state index contributed by atoms with van der Waals surface area (Å²) in [5, 5.41) is 3.54. The first-order chi connectivity index (χ1) is 9.73. The van der Waals surface area contributed by atoms with Gasteiger partial charge in [-0.25, -0.2) is 0 Å². The largest absolute Gasteiger partial charge is 0.308 e. The summed E-state index contributed by atoms with van der Waals surface area (Å²) in [7, 11) is 0. The summed E-state index contributed by atoms with van der Waals surface area (Å²) >= 11 is 0. The van der Waals surface area contributed by atoms with E-state index >= 15 is 0 Å². The summed E-state index contributed by atoms with van der Waals surface area (Å²) in [6, 6.07) is 9.12. The summed E-state index contributed by atoms with van der Waals surface area (Å²) in [6.45, 7) is 15.9. The predicted molar refractivity (Wildman–Crippen MR) is 91.3 cm³/mol. The average molecular weight is 288 g/mol. The zero-order chi connectivity index (χ0) is 15.5. The molecule has 0 atom stereocenters. The minimum atomic E-state index is 0.179. The Morgan fingerprint density at radius 1 is 1.10 bits per heavy atom. The van der Waals surface area contributed by atoms with Gasteiger partial charge in [0.05, 0.1) is 0 Å². The van der Waals surface area contributed by atoms with Crippen molar-refractivity contribution in [3.8, 4) is 0 Å². The van der Waals surface area contributed by atoms with Crippen LogP contribution in [0, 0.1) is 5.41 Å². The van der Waals surface area contributed by atoms with E-state index in [9.17, 15) is 0 Å². The van der Waals surface area contributed by atoms with Gasteiger partial charge in [-0.05, 0) is 56.7 Å². The van der Waals surface area contributed by atoms with E-state index in [4.69, 9.17) is 0 Å². The summed E-state index contributed by atoms with van der Waals surface area (Å²) in [5.74, 6) is 0. The van der Waals surface area contributed by atoms with Crippen LogP contribution in [0.25, 0.3) is 0 Å². The number of likely N-dealkylation sites (tertiary alicyclic amines) is 1. The minimum Gasteiger partial charge on any atom is -0.308 e. The molecular formula is C19H32N2. The number of rotatable bonds is 4. The van der Waals surface area contributed by atoms with Gasteiger partial charge in [0.15, 0.2) is 0 Å². The molecule has 1 fully saturated rings. The molecule has 0 saturated carbocycles. The van der Waals surface area contributed by atoms with Crippen LogP contribution in [-0.2, 0) is 13.1 Å². The second-order valence-corrected chi connectivity index (χ2v) is 8.40. The molecule has 1 saturated heterocycles. The molecule has 0 aliphatic carbocycles. The minimum absolute atomic E-state index is 0.179. The van der Waals surface area contributed by atoms with Gasteiger partial charge in [-0.3, -0.25) is 4.90 Å². The van der Waals surface area contributed by atoms with Crippen LogP contribution < -0.4 is 5.32 Å². The van der Waals surface area contributed by atoms with E-state index in [1.165, 1.54) is 37.1 Å². The molecule has 2 rings (SSSR count). The second-order valence-electron chi connectivity index (χ2n) is 8.40. The number of benzene rings is 1. The van der Waals surface area contributed by atoms with Gasteiger partial charge in [-0.15, -0.1) is 0 Å². The summed E-state index contributed by atoms with van der Waals surface area (Å²) in [6.07, 6.45) is 2.70. The summed E-state index contributed by atoms with van der Waals surface area (Å²) in [4.78, 5) is 2.60. The molecule has 0 spiro atoms. The van der Waals surface area contributed by atoms with Crippen molar-refractivity contribution in [1.29, 1.82) is 0 Å². The lowest BCUT2D eigenvalue weighted by molar-refractivity contribution is 0.111. The highest BCUT2D eigenvalue weighted by Crippen LogP contribution is 2.29. The summed E-state index contributed by atoms with van der Waals surface area (Å²) < 4.78 is 0. The first-order valence-corrected chi connectivity index (χ1v) is 8.29. The van der Waals surface area contributed by atoms with Crippen molar-refractivity contribution in [2.75, 3.05) is 13.1 Å². The highest BCUT2D eigenvalue weighted by Gasteiger charge is 2.26. The fourth-order valence-electron chi connectivity index (χ4n) is 3.07. The first-order valence-electron chi connectivity index (χ1n) is 8.29. The van der Waals surface area contributed by atoms with Gasteiger partial charge in [-0.1, -0.05) is 38.1 Å². The molecule has 0 bridgehead atoms. The maximum absolute atomic E-state index is 3.54. The monoisotopic (exact) mass is 288 g/mol. The van der Waals surface area contributed by atoms with Crippen LogP contribution >= 0.6 is 0 Å². The lowest BCUT2D eigenvalue weighted by atomic mass is 9.84. The van der Waals surface area contributed by atoms with E-state index in [1.54, 1.807) is 0 Å². The Kier molecular flexibility index (Phi) is 5.11. The zero-order valence-corrected chi connectivity index (χ0v) is 14.5. The fourth-order valence-corrected chi connectivity index (χ4v) is 3.07.